The Morgan fingerprint density at radius 3 is 2.17 bits per heavy atom. The number of unbranched alkanes of at least 4 members (excludes halogenated alkanes) is 3. The molecule has 2 N–H and O–H groups in total. The molecule has 136 valence electrons. The van der Waals surface area contributed by atoms with Gasteiger partial charge in [0, 0.05) is 0 Å². The minimum absolute atomic E-state index is 0. The van der Waals surface area contributed by atoms with Crippen molar-refractivity contribution in [1.82, 2.24) is 0 Å². The summed E-state index contributed by atoms with van der Waals surface area (Å²) in [4.78, 5) is 41.0. The van der Waals surface area contributed by atoms with Crippen LogP contribution in [0.1, 0.15) is 65.7 Å². The Morgan fingerprint density at radius 1 is 1.12 bits per heavy atom. The van der Waals surface area contributed by atoms with Gasteiger partial charge in [0.2, 0.25) is 7.94 Å². The Labute approximate surface area is 169 Å². The molecule has 0 rings (SSSR count). The van der Waals surface area contributed by atoms with E-state index < -0.39 is 20.7 Å². The second-order valence-corrected chi connectivity index (χ2v) is 11.1. The minimum atomic E-state index is -4.58. The first-order valence-electron chi connectivity index (χ1n) is 8.07. The van der Waals surface area contributed by atoms with E-state index in [0.29, 0.717) is 6.42 Å². The third kappa shape index (κ3) is 14.2. The molecule has 2 atom stereocenters. The molecule has 8 heteroatoms. The molecule has 0 heterocycles. The van der Waals surface area contributed by atoms with Gasteiger partial charge in [0.1, 0.15) is 0 Å². The Bertz CT molecular complexity index is 448. The van der Waals surface area contributed by atoms with Crippen molar-refractivity contribution in [3.63, 3.8) is 0 Å². The van der Waals surface area contributed by atoms with Crippen molar-refractivity contribution >= 4 is 15.3 Å². The van der Waals surface area contributed by atoms with Gasteiger partial charge in [-0.3, -0.25) is 0 Å². The molecule has 0 aliphatic rings. The van der Waals surface area contributed by atoms with Crippen LogP contribution < -0.4 is 39.3 Å². The van der Waals surface area contributed by atoms with Crippen molar-refractivity contribution < 1.29 is 53.7 Å². The molecule has 0 spiro atoms. The predicted octanol–water partition coefficient (Wildman–Crippen LogP) is 0.335. The van der Waals surface area contributed by atoms with Crippen LogP contribution >= 0.6 is 15.3 Å². The van der Waals surface area contributed by atoms with Crippen LogP contribution in [-0.4, -0.2) is 21.9 Å². The fourth-order valence-corrected chi connectivity index (χ4v) is 5.72. The first-order chi connectivity index (χ1) is 10.4. The maximum absolute atomic E-state index is 11.5. The second-order valence-electron chi connectivity index (χ2n) is 6.49. The van der Waals surface area contributed by atoms with Crippen LogP contribution in [0.5, 0.6) is 0 Å². The third-order valence-electron chi connectivity index (χ3n) is 3.68. The van der Waals surface area contributed by atoms with Gasteiger partial charge in [-0.25, -0.2) is 9.79 Å². The van der Waals surface area contributed by atoms with Crippen molar-refractivity contribution in [2.45, 2.75) is 71.1 Å². The molecule has 0 aromatic carbocycles. The van der Waals surface area contributed by atoms with E-state index in [1.165, 1.54) is 11.1 Å². The Balaban J connectivity index is 0. The molecule has 0 saturated heterocycles. The van der Waals surface area contributed by atoms with Crippen molar-refractivity contribution in [3.05, 3.63) is 23.3 Å². The van der Waals surface area contributed by atoms with Crippen molar-refractivity contribution in [1.29, 1.82) is 0 Å². The largest absolute Gasteiger partial charge is 1.00 e. The van der Waals surface area contributed by atoms with E-state index in [4.69, 9.17) is 9.79 Å². The molecule has 0 bridgehead atoms. The van der Waals surface area contributed by atoms with Crippen molar-refractivity contribution in [3.8, 4) is 0 Å². The van der Waals surface area contributed by atoms with E-state index in [1.807, 2.05) is 0 Å². The molecule has 5 nitrogen and oxygen atoms in total. The van der Waals surface area contributed by atoms with E-state index in [2.05, 4.69) is 32.9 Å². The number of allylic oxidation sites excluding steroid dienone is 4. The quantitative estimate of drug-likeness (QED) is 0.230. The molecule has 0 radical (unpaired) electrons. The van der Waals surface area contributed by atoms with Crippen LogP contribution in [0.2, 0.25) is 0 Å². The minimum Gasteiger partial charge on any atom is -0.797 e. The van der Waals surface area contributed by atoms with E-state index in [-0.39, 0.29) is 36.0 Å². The Kier molecular flexibility index (Phi) is 15.0. The number of hydrogen-bond donors (Lipinski definition) is 2. The Hall–Kier alpha value is 0.980. The summed E-state index contributed by atoms with van der Waals surface area (Å²) in [6, 6.07) is 0. The second kappa shape index (κ2) is 13.2. The van der Waals surface area contributed by atoms with Gasteiger partial charge in [-0.2, -0.15) is 0 Å². The van der Waals surface area contributed by atoms with E-state index in [1.54, 1.807) is 0 Å². The molecule has 0 aromatic rings. The zero-order valence-electron chi connectivity index (χ0n) is 15.7. The van der Waals surface area contributed by atoms with Crippen LogP contribution in [0.4, 0.5) is 0 Å². The van der Waals surface area contributed by atoms with Gasteiger partial charge in [-0.15, -0.1) is 0 Å². The van der Waals surface area contributed by atoms with Gasteiger partial charge in [-0.05, 0) is 66.0 Å². The predicted molar refractivity (Wildman–Crippen MR) is 94.2 cm³/mol. The van der Waals surface area contributed by atoms with Gasteiger partial charge < -0.3 is 14.4 Å². The van der Waals surface area contributed by atoms with Gasteiger partial charge in [0.05, 0.1) is 7.37 Å². The summed E-state index contributed by atoms with van der Waals surface area (Å²) in [5, 5.41) is -1.53. The van der Waals surface area contributed by atoms with E-state index in [9.17, 15) is 14.4 Å². The van der Waals surface area contributed by atoms with Crippen LogP contribution in [0, 0.1) is 0 Å². The van der Waals surface area contributed by atoms with Gasteiger partial charge in [0.25, 0.3) is 0 Å². The molecule has 0 aliphatic carbocycles. The summed E-state index contributed by atoms with van der Waals surface area (Å²) in [5.41, 5.74) is 2.66. The number of rotatable bonds is 11. The SMILES string of the molecule is CC(C)=CCC/C(C)=C/CCCCCC(P(C)(=O)[O-])[P+]([O-])(O)O.[Na+]. The molecule has 2 unspecified atom stereocenters. The average molecular weight is 388 g/mol. The van der Waals surface area contributed by atoms with Gasteiger partial charge in [0.15, 0.2) is 5.40 Å². The molecule has 0 fully saturated rings. The molecule has 0 aliphatic heterocycles. The molecular formula is C16H31NaO5P2. The number of hydrogen-bond acceptors (Lipinski definition) is 5. The zero-order chi connectivity index (χ0) is 18.1. The van der Waals surface area contributed by atoms with Crippen molar-refractivity contribution in [2.75, 3.05) is 6.66 Å². The smallest absolute Gasteiger partial charge is 0.797 e. The van der Waals surface area contributed by atoms with E-state index >= 15 is 0 Å². The normalized spacial score (nSPS) is 16.1. The van der Waals surface area contributed by atoms with Crippen LogP contribution in [-0.2, 0) is 4.57 Å². The first-order valence-corrected chi connectivity index (χ1v) is 11.9. The Morgan fingerprint density at radius 2 is 1.71 bits per heavy atom. The van der Waals surface area contributed by atoms with Crippen LogP contribution in [0.25, 0.3) is 0 Å². The maximum atomic E-state index is 11.5. The van der Waals surface area contributed by atoms with Gasteiger partial charge >= 0.3 is 29.6 Å². The summed E-state index contributed by atoms with van der Waals surface area (Å²) in [6.45, 7) is 7.19. The van der Waals surface area contributed by atoms with E-state index in [0.717, 1.165) is 38.8 Å². The molecular weight excluding hydrogens is 357 g/mol. The summed E-state index contributed by atoms with van der Waals surface area (Å²) in [7, 11) is -8.60. The summed E-state index contributed by atoms with van der Waals surface area (Å²) in [5.74, 6) is 0. The molecule has 24 heavy (non-hydrogen) atoms. The molecule has 0 aromatic heterocycles. The van der Waals surface area contributed by atoms with Crippen LogP contribution in [0.15, 0.2) is 23.3 Å². The summed E-state index contributed by atoms with van der Waals surface area (Å²) in [6.07, 6.45) is 9.64. The topological polar surface area (TPSA) is 104 Å². The first kappa shape index (κ1) is 27.2. The van der Waals surface area contributed by atoms with Crippen molar-refractivity contribution in [2.24, 2.45) is 0 Å². The van der Waals surface area contributed by atoms with Gasteiger partial charge in [-0.1, -0.05) is 29.7 Å². The molecule has 0 amide bonds. The molecule has 0 saturated carbocycles. The summed E-state index contributed by atoms with van der Waals surface area (Å²) >= 11 is 0. The average Bonchev–Trinajstić information content (AvgIpc) is 2.33. The fraction of sp³-hybridized carbons (Fsp3) is 0.750. The van der Waals surface area contributed by atoms with Crippen LogP contribution in [0.3, 0.4) is 0 Å². The standard InChI is InChI=1S/C16H32O5P2.Na/c1-14(2)10-9-12-15(3)11-7-5-6-8-13-16(22(4,17)18)23(19,20)21;/h10-11,16H,5-9,12-13H2,1-4H3,(H,17,18)(H2,19,20,21);/q;+1/p-1/b15-11+;. The fourth-order valence-electron chi connectivity index (χ4n) is 2.36. The third-order valence-corrected chi connectivity index (χ3v) is 8.22. The summed E-state index contributed by atoms with van der Waals surface area (Å²) < 4.78 is 11.5. The maximum Gasteiger partial charge on any atom is 1.00 e. The monoisotopic (exact) mass is 388 g/mol. The zero-order valence-corrected chi connectivity index (χ0v) is 19.5.